The molecule has 0 atom stereocenters. The van der Waals surface area contributed by atoms with Crippen molar-refractivity contribution in [1.29, 1.82) is 0 Å². The van der Waals surface area contributed by atoms with Crippen LogP contribution in [0.25, 0.3) is 10.2 Å². The molecule has 1 saturated carbocycles. The average molecular weight is 364 g/mol. The van der Waals surface area contributed by atoms with E-state index in [2.05, 4.69) is 35.2 Å². The molecular weight excluding hydrogens is 338 g/mol. The zero-order chi connectivity index (χ0) is 17.5. The molecule has 0 N–H and O–H groups in total. The van der Waals surface area contributed by atoms with Gasteiger partial charge in [-0.15, -0.1) is 11.3 Å². The molecule has 2 aromatic heterocycles. The van der Waals surface area contributed by atoms with Gasteiger partial charge in [0.05, 0.1) is 5.69 Å². The number of aryl methyl sites for hydroxylation is 1. The van der Waals surface area contributed by atoms with Crippen LogP contribution < -0.4 is 0 Å². The summed E-state index contributed by atoms with van der Waals surface area (Å²) in [5, 5.41) is 1.29. The van der Waals surface area contributed by atoms with E-state index in [1.807, 2.05) is 18.3 Å². The van der Waals surface area contributed by atoms with Crippen molar-refractivity contribution in [2.45, 2.75) is 64.6 Å². The Hall–Kier alpha value is -1.78. The number of thiophene rings is 1. The lowest BCUT2D eigenvalue weighted by Crippen LogP contribution is -2.17. The van der Waals surface area contributed by atoms with Gasteiger partial charge in [0.25, 0.3) is 0 Å². The molecule has 3 aromatic rings. The quantitative estimate of drug-likeness (QED) is 0.610. The minimum Gasteiger partial charge on any atom is -0.289 e. The predicted molar refractivity (Wildman–Crippen MR) is 107 cm³/mol. The van der Waals surface area contributed by atoms with Crippen molar-refractivity contribution in [3.8, 4) is 0 Å². The second-order valence-corrected chi connectivity index (χ2v) is 8.90. The largest absolute Gasteiger partial charge is 0.289 e. The summed E-state index contributed by atoms with van der Waals surface area (Å²) >= 11 is 1.91. The van der Waals surface area contributed by atoms with Crippen LogP contribution in [-0.2, 0) is 19.6 Å². The van der Waals surface area contributed by atoms with E-state index in [1.54, 1.807) is 0 Å². The smallest absolute Gasteiger partial charge is 0.127 e. The van der Waals surface area contributed by atoms with Crippen LogP contribution in [-0.4, -0.2) is 14.9 Å². The predicted octanol–water partition coefficient (Wildman–Crippen LogP) is 5.56. The Bertz CT molecular complexity index is 915. The topological polar surface area (TPSA) is 29.0 Å². The molecule has 1 aliphatic heterocycles. The van der Waals surface area contributed by atoms with Gasteiger partial charge in [0.1, 0.15) is 10.7 Å². The maximum absolute atomic E-state index is 4.84. The van der Waals surface area contributed by atoms with Crippen molar-refractivity contribution in [2.75, 3.05) is 0 Å². The van der Waals surface area contributed by atoms with Crippen molar-refractivity contribution in [2.24, 2.45) is 0 Å². The first-order valence-electron chi connectivity index (χ1n) is 9.82. The van der Waals surface area contributed by atoms with Gasteiger partial charge in [0, 0.05) is 29.9 Å². The van der Waals surface area contributed by atoms with Gasteiger partial charge in [-0.05, 0) is 42.9 Å². The molecule has 0 spiro atoms. The van der Waals surface area contributed by atoms with Crippen LogP contribution in [0.5, 0.6) is 0 Å². The monoisotopic (exact) mass is 363 g/mol. The van der Waals surface area contributed by atoms with Gasteiger partial charge in [-0.1, -0.05) is 43.5 Å². The van der Waals surface area contributed by atoms with E-state index >= 15 is 0 Å². The third-order valence-electron chi connectivity index (χ3n) is 5.89. The summed E-state index contributed by atoms with van der Waals surface area (Å²) in [4.78, 5) is 14.8. The molecule has 0 bridgehead atoms. The van der Waals surface area contributed by atoms with Crippen LogP contribution in [0.1, 0.15) is 65.5 Å². The van der Waals surface area contributed by atoms with Gasteiger partial charge < -0.3 is 0 Å². The Morgan fingerprint density at radius 1 is 1.04 bits per heavy atom. The van der Waals surface area contributed by atoms with Gasteiger partial charge in [-0.2, -0.15) is 0 Å². The maximum atomic E-state index is 4.84. The number of hydrogen-bond acceptors (Lipinski definition) is 4. The Labute approximate surface area is 159 Å². The fraction of sp³-hybridized carbons (Fsp3) is 0.455. The molecule has 0 saturated heterocycles. The Kier molecular flexibility index (Phi) is 4.26. The van der Waals surface area contributed by atoms with Crippen molar-refractivity contribution in [1.82, 2.24) is 14.9 Å². The molecule has 1 fully saturated rings. The summed E-state index contributed by atoms with van der Waals surface area (Å²) in [7, 11) is 0. The fourth-order valence-electron chi connectivity index (χ4n) is 4.55. The van der Waals surface area contributed by atoms with Gasteiger partial charge in [0.15, 0.2) is 0 Å². The molecule has 3 nitrogen and oxygen atoms in total. The summed E-state index contributed by atoms with van der Waals surface area (Å²) in [6, 6.07) is 11.2. The summed E-state index contributed by atoms with van der Waals surface area (Å²) < 4.78 is 0. The standard InChI is InChI=1S/C22H25N3S/c1-15-23-20(14-25-12-17-9-5-6-10-18(17)13-25)19-11-21(26-22(19)24-15)16-7-3-2-4-8-16/h5-6,9-11,16H,2-4,7-8,12-14H2,1H3. The van der Waals surface area contributed by atoms with Crippen LogP contribution in [0.3, 0.4) is 0 Å². The second-order valence-electron chi connectivity index (χ2n) is 7.83. The third kappa shape index (κ3) is 3.06. The normalized spacial score (nSPS) is 18.5. The molecular formula is C22H25N3S. The third-order valence-corrected chi connectivity index (χ3v) is 7.08. The van der Waals surface area contributed by atoms with E-state index < -0.39 is 0 Å². The van der Waals surface area contributed by atoms with Crippen LogP contribution in [0.2, 0.25) is 0 Å². The van der Waals surface area contributed by atoms with Gasteiger partial charge in [-0.25, -0.2) is 9.97 Å². The molecule has 0 radical (unpaired) electrons. The van der Waals surface area contributed by atoms with E-state index in [0.29, 0.717) is 0 Å². The average Bonchev–Trinajstić information content (AvgIpc) is 3.25. The lowest BCUT2D eigenvalue weighted by atomic mass is 9.88. The van der Waals surface area contributed by atoms with Crippen molar-refractivity contribution >= 4 is 21.6 Å². The van der Waals surface area contributed by atoms with Crippen molar-refractivity contribution in [3.63, 3.8) is 0 Å². The minimum atomic E-state index is 0.743. The second kappa shape index (κ2) is 6.75. The van der Waals surface area contributed by atoms with Crippen LogP contribution in [0, 0.1) is 6.92 Å². The Morgan fingerprint density at radius 2 is 1.77 bits per heavy atom. The number of benzene rings is 1. The van der Waals surface area contributed by atoms with E-state index in [1.165, 1.54) is 64.0 Å². The highest BCUT2D eigenvalue weighted by atomic mass is 32.1. The molecule has 0 unspecified atom stereocenters. The molecule has 0 amide bonds. The van der Waals surface area contributed by atoms with Crippen LogP contribution in [0.4, 0.5) is 0 Å². The van der Waals surface area contributed by atoms with Gasteiger partial charge >= 0.3 is 0 Å². The maximum Gasteiger partial charge on any atom is 0.127 e. The molecule has 1 aliphatic carbocycles. The number of nitrogens with zero attached hydrogens (tertiary/aromatic N) is 3. The van der Waals surface area contributed by atoms with E-state index in [9.17, 15) is 0 Å². The zero-order valence-electron chi connectivity index (χ0n) is 15.4. The zero-order valence-corrected chi connectivity index (χ0v) is 16.2. The van der Waals surface area contributed by atoms with Gasteiger partial charge in [-0.3, -0.25) is 4.90 Å². The first-order valence-corrected chi connectivity index (χ1v) is 10.6. The highest BCUT2D eigenvalue weighted by Gasteiger charge is 2.23. The first-order chi connectivity index (χ1) is 12.8. The fourth-order valence-corrected chi connectivity index (χ4v) is 5.82. The number of hydrogen-bond donors (Lipinski definition) is 0. The van der Waals surface area contributed by atoms with Crippen LogP contribution >= 0.6 is 11.3 Å². The van der Waals surface area contributed by atoms with Crippen molar-refractivity contribution in [3.05, 3.63) is 57.9 Å². The molecule has 134 valence electrons. The minimum absolute atomic E-state index is 0.743. The van der Waals surface area contributed by atoms with Crippen LogP contribution in [0.15, 0.2) is 30.3 Å². The lowest BCUT2D eigenvalue weighted by Gasteiger charge is -2.19. The SMILES string of the molecule is Cc1nc(CN2Cc3ccccc3C2)c2cc(C3CCCCC3)sc2n1. The first kappa shape index (κ1) is 16.4. The van der Waals surface area contributed by atoms with Gasteiger partial charge in [0.2, 0.25) is 0 Å². The number of rotatable bonds is 3. The molecule has 3 heterocycles. The molecule has 2 aliphatic rings. The van der Waals surface area contributed by atoms with E-state index in [-0.39, 0.29) is 0 Å². The number of fused-ring (bicyclic) bond motifs is 2. The highest BCUT2D eigenvalue weighted by Crippen LogP contribution is 2.39. The molecule has 26 heavy (non-hydrogen) atoms. The molecule has 5 rings (SSSR count). The Balaban J connectivity index is 1.44. The van der Waals surface area contributed by atoms with E-state index in [0.717, 1.165) is 31.4 Å². The van der Waals surface area contributed by atoms with Crippen molar-refractivity contribution < 1.29 is 0 Å². The summed E-state index contributed by atoms with van der Waals surface area (Å²) in [5.74, 6) is 1.65. The molecule has 1 aromatic carbocycles. The van der Waals surface area contributed by atoms with E-state index in [4.69, 9.17) is 9.97 Å². The Morgan fingerprint density at radius 3 is 2.50 bits per heavy atom. The summed E-state index contributed by atoms with van der Waals surface area (Å²) in [6.07, 6.45) is 6.85. The summed E-state index contributed by atoms with van der Waals surface area (Å²) in [5.41, 5.74) is 4.13. The lowest BCUT2D eigenvalue weighted by molar-refractivity contribution is 0.273. The highest BCUT2D eigenvalue weighted by molar-refractivity contribution is 7.18. The molecule has 4 heteroatoms. The summed E-state index contributed by atoms with van der Waals surface area (Å²) in [6.45, 7) is 5.00. The number of aromatic nitrogens is 2.